The number of hydrogen-bond acceptors (Lipinski definition) is 4. The molecule has 0 aromatic carbocycles. The van der Waals surface area contributed by atoms with Gasteiger partial charge >= 0.3 is 0 Å². The molecule has 0 saturated carbocycles. The number of nitrogens with one attached hydrogen (secondary N) is 1. The minimum atomic E-state index is 0.725. The molecule has 2 rings (SSSR count). The van der Waals surface area contributed by atoms with Crippen molar-refractivity contribution in [3.05, 3.63) is 24.8 Å². The third kappa shape index (κ3) is 1.77. The van der Waals surface area contributed by atoms with Crippen molar-refractivity contribution in [2.45, 2.75) is 11.9 Å². The molecule has 0 spiro atoms. The van der Waals surface area contributed by atoms with Crippen molar-refractivity contribution >= 4 is 22.9 Å². The lowest BCUT2D eigenvalue weighted by atomic mass is 10.6. The highest BCUT2D eigenvalue weighted by atomic mass is 32.2. The van der Waals surface area contributed by atoms with Crippen LogP contribution in [0.1, 0.15) is 6.92 Å². The fraction of sp³-hybridized carbons (Fsp3) is 0.222. The van der Waals surface area contributed by atoms with Crippen molar-refractivity contribution in [1.82, 2.24) is 19.9 Å². The SMILES string of the molecule is CC=CCSc1ncnc2nc[nH]c12. The number of imidazole rings is 1. The Morgan fingerprint density at radius 3 is 3.21 bits per heavy atom. The number of aromatic amines is 1. The van der Waals surface area contributed by atoms with E-state index in [2.05, 4.69) is 26.0 Å². The van der Waals surface area contributed by atoms with Crippen LogP contribution in [0.25, 0.3) is 11.2 Å². The molecule has 14 heavy (non-hydrogen) atoms. The van der Waals surface area contributed by atoms with E-state index < -0.39 is 0 Å². The van der Waals surface area contributed by atoms with Crippen molar-refractivity contribution < 1.29 is 0 Å². The first-order valence-electron chi connectivity index (χ1n) is 4.30. The van der Waals surface area contributed by atoms with Gasteiger partial charge < -0.3 is 4.98 Å². The van der Waals surface area contributed by atoms with Crippen molar-refractivity contribution in [2.24, 2.45) is 0 Å². The largest absolute Gasteiger partial charge is 0.341 e. The third-order valence-electron chi connectivity index (χ3n) is 1.74. The van der Waals surface area contributed by atoms with E-state index in [0.717, 1.165) is 21.9 Å². The van der Waals surface area contributed by atoms with Gasteiger partial charge in [-0.15, -0.1) is 0 Å². The smallest absolute Gasteiger partial charge is 0.181 e. The van der Waals surface area contributed by atoms with Gasteiger partial charge in [-0.05, 0) is 6.92 Å². The second-order valence-corrected chi connectivity index (χ2v) is 3.67. The molecule has 5 heteroatoms. The Balaban J connectivity index is 2.27. The molecule has 1 N–H and O–H groups in total. The Morgan fingerprint density at radius 2 is 2.36 bits per heavy atom. The van der Waals surface area contributed by atoms with E-state index in [4.69, 9.17) is 0 Å². The third-order valence-corrected chi connectivity index (χ3v) is 2.68. The molecule has 72 valence electrons. The molecule has 0 radical (unpaired) electrons. The van der Waals surface area contributed by atoms with E-state index in [-0.39, 0.29) is 0 Å². The molecule has 2 aromatic rings. The molecule has 2 heterocycles. The molecule has 0 aliphatic heterocycles. The van der Waals surface area contributed by atoms with Crippen molar-refractivity contribution in [2.75, 3.05) is 5.75 Å². The number of rotatable bonds is 3. The zero-order valence-corrected chi connectivity index (χ0v) is 8.58. The van der Waals surface area contributed by atoms with Gasteiger partial charge in [0.2, 0.25) is 0 Å². The van der Waals surface area contributed by atoms with Crippen molar-refractivity contribution in [1.29, 1.82) is 0 Å². The van der Waals surface area contributed by atoms with Crippen molar-refractivity contribution in [3.63, 3.8) is 0 Å². The summed E-state index contributed by atoms with van der Waals surface area (Å²) in [5.74, 6) is 0.918. The number of hydrogen-bond donors (Lipinski definition) is 1. The maximum Gasteiger partial charge on any atom is 0.181 e. The van der Waals surface area contributed by atoms with Crippen LogP contribution in [0.3, 0.4) is 0 Å². The van der Waals surface area contributed by atoms with E-state index in [1.165, 1.54) is 0 Å². The van der Waals surface area contributed by atoms with Gasteiger partial charge in [-0.1, -0.05) is 23.9 Å². The van der Waals surface area contributed by atoms with Gasteiger partial charge in [0.05, 0.1) is 6.33 Å². The highest BCUT2D eigenvalue weighted by Gasteiger charge is 2.04. The van der Waals surface area contributed by atoms with Crippen LogP contribution in [-0.2, 0) is 0 Å². The summed E-state index contributed by atoms with van der Waals surface area (Å²) in [6, 6.07) is 0. The minimum Gasteiger partial charge on any atom is -0.341 e. The number of aromatic nitrogens is 4. The molecule has 0 atom stereocenters. The lowest BCUT2D eigenvalue weighted by molar-refractivity contribution is 1.09. The number of H-pyrrole nitrogens is 1. The highest BCUT2D eigenvalue weighted by molar-refractivity contribution is 7.99. The fourth-order valence-corrected chi connectivity index (χ4v) is 1.94. The summed E-state index contributed by atoms with van der Waals surface area (Å²) in [5.41, 5.74) is 1.64. The number of fused-ring (bicyclic) bond motifs is 1. The molecule has 0 fully saturated rings. The van der Waals surface area contributed by atoms with E-state index in [9.17, 15) is 0 Å². The van der Waals surface area contributed by atoms with Crippen LogP contribution in [0.4, 0.5) is 0 Å². The van der Waals surface area contributed by atoms with Crippen LogP contribution >= 0.6 is 11.8 Å². The minimum absolute atomic E-state index is 0.725. The van der Waals surface area contributed by atoms with Crippen LogP contribution in [0.15, 0.2) is 29.8 Å². The van der Waals surface area contributed by atoms with E-state index in [1.807, 2.05) is 13.0 Å². The predicted molar refractivity (Wildman–Crippen MR) is 57.2 cm³/mol. The lowest BCUT2D eigenvalue weighted by Gasteiger charge is -1.97. The number of nitrogens with zero attached hydrogens (tertiary/aromatic N) is 3. The molecule has 4 nitrogen and oxygen atoms in total. The molecule has 0 aliphatic carbocycles. The quantitative estimate of drug-likeness (QED) is 0.474. The lowest BCUT2D eigenvalue weighted by Crippen LogP contribution is -1.86. The van der Waals surface area contributed by atoms with E-state index >= 15 is 0 Å². The number of thioether (sulfide) groups is 1. The maximum absolute atomic E-state index is 4.20. The normalized spacial score (nSPS) is 11.5. The fourth-order valence-electron chi connectivity index (χ4n) is 1.08. The first-order valence-corrected chi connectivity index (χ1v) is 5.28. The van der Waals surface area contributed by atoms with E-state index in [1.54, 1.807) is 24.4 Å². The molecule has 0 saturated heterocycles. The van der Waals surface area contributed by atoms with Gasteiger partial charge in [-0.25, -0.2) is 15.0 Å². The van der Waals surface area contributed by atoms with Crippen LogP contribution in [0.5, 0.6) is 0 Å². The zero-order valence-electron chi connectivity index (χ0n) is 7.77. The molecule has 2 aromatic heterocycles. The number of allylic oxidation sites excluding steroid dienone is 1. The Labute approximate surface area is 85.9 Å². The predicted octanol–water partition coefficient (Wildman–Crippen LogP) is 2.02. The molecule has 0 unspecified atom stereocenters. The Kier molecular flexibility index (Phi) is 2.78. The maximum atomic E-state index is 4.20. The molecular weight excluding hydrogens is 196 g/mol. The van der Waals surface area contributed by atoms with Gasteiger partial charge in [-0.3, -0.25) is 0 Å². The highest BCUT2D eigenvalue weighted by Crippen LogP contribution is 2.21. The average molecular weight is 206 g/mol. The summed E-state index contributed by atoms with van der Waals surface area (Å²) < 4.78 is 0. The summed E-state index contributed by atoms with van der Waals surface area (Å²) in [5, 5.41) is 0.950. The molecular formula is C9H10N4S. The van der Waals surface area contributed by atoms with Crippen molar-refractivity contribution in [3.8, 4) is 0 Å². The van der Waals surface area contributed by atoms with Crippen LogP contribution < -0.4 is 0 Å². The average Bonchev–Trinajstić information content (AvgIpc) is 2.67. The first-order chi connectivity index (χ1) is 6.92. The summed E-state index contributed by atoms with van der Waals surface area (Å²) in [6.45, 7) is 2.01. The summed E-state index contributed by atoms with van der Waals surface area (Å²) in [4.78, 5) is 15.3. The monoisotopic (exact) mass is 206 g/mol. The summed E-state index contributed by atoms with van der Waals surface area (Å²) >= 11 is 1.67. The topological polar surface area (TPSA) is 54.5 Å². The Hall–Kier alpha value is -1.36. The first kappa shape index (κ1) is 9.21. The Morgan fingerprint density at radius 1 is 1.43 bits per heavy atom. The standard InChI is InChI=1S/C9H10N4S/c1-2-3-4-14-9-7-8(11-5-10-7)12-6-13-9/h2-3,5-6H,4H2,1H3,(H,10,11,12,13). The second kappa shape index (κ2) is 4.23. The Bertz CT molecular complexity index is 449. The summed E-state index contributed by atoms with van der Waals surface area (Å²) in [7, 11) is 0. The molecule has 0 aliphatic rings. The van der Waals surface area contributed by atoms with Gasteiger partial charge in [0.25, 0.3) is 0 Å². The van der Waals surface area contributed by atoms with Crippen LogP contribution in [0, 0.1) is 0 Å². The summed E-state index contributed by atoms with van der Waals surface area (Å²) in [6.07, 6.45) is 7.30. The van der Waals surface area contributed by atoms with Gasteiger partial charge in [0.15, 0.2) is 5.65 Å². The van der Waals surface area contributed by atoms with Gasteiger partial charge in [0, 0.05) is 5.75 Å². The van der Waals surface area contributed by atoms with E-state index in [0.29, 0.717) is 0 Å². The van der Waals surface area contributed by atoms with Crippen LogP contribution in [0.2, 0.25) is 0 Å². The van der Waals surface area contributed by atoms with Crippen LogP contribution in [-0.4, -0.2) is 25.7 Å². The zero-order chi connectivity index (χ0) is 9.80. The molecule has 0 bridgehead atoms. The van der Waals surface area contributed by atoms with Gasteiger partial charge in [-0.2, -0.15) is 0 Å². The van der Waals surface area contributed by atoms with Gasteiger partial charge in [0.1, 0.15) is 16.9 Å². The second-order valence-electron chi connectivity index (χ2n) is 2.66. The molecule has 0 amide bonds.